The molecule has 1 N–H and O–H groups in total. The fourth-order valence-corrected chi connectivity index (χ4v) is 2.75. The van der Waals surface area contributed by atoms with E-state index in [9.17, 15) is 9.59 Å². The zero-order valence-electron chi connectivity index (χ0n) is 10.9. The molecular formula is C15H15NO3. The fraction of sp³-hybridized carbons (Fsp3) is 0.333. The van der Waals surface area contributed by atoms with Crippen LogP contribution < -0.4 is 5.32 Å². The normalized spacial score (nSPS) is 24.8. The van der Waals surface area contributed by atoms with Crippen molar-refractivity contribution in [3.63, 3.8) is 0 Å². The number of carbonyl (C=O) groups excluding carboxylic acids is 2. The van der Waals surface area contributed by atoms with Gasteiger partial charge in [0.2, 0.25) is 5.91 Å². The topological polar surface area (TPSA) is 55.4 Å². The van der Waals surface area contributed by atoms with Crippen molar-refractivity contribution < 1.29 is 14.3 Å². The van der Waals surface area contributed by atoms with E-state index in [-0.39, 0.29) is 24.2 Å². The number of benzene rings is 1. The summed E-state index contributed by atoms with van der Waals surface area (Å²) in [6, 6.07) is 9.61. The predicted molar refractivity (Wildman–Crippen MR) is 69.1 cm³/mol. The molecule has 0 bridgehead atoms. The molecule has 0 radical (unpaired) electrons. The van der Waals surface area contributed by atoms with E-state index in [1.807, 2.05) is 30.3 Å². The molecule has 1 aromatic rings. The van der Waals surface area contributed by atoms with Gasteiger partial charge in [0.05, 0.1) is 11.3 Å². The quantitative estimate of drug-likeness (QED) is 0.781. The smallest absolute Gasteiger partial charge is 0.337 e. The second-order valence-electron chi connectivity index (χ2n) is 5.40. The monoisotopic (exact) mass is 257 g/mol. The van der Waals surface area contributed by atoms with E-state index >= 15 is 0 Å². The largest absolute Gasteiger partial charge is 0.450 e. The Hall–Kier alpha value is -2.10. The van der Waals surface area contributed by atoms with Crippen molar-refractivity contribution >= 4 is 11.9 Å². The molecule has 0 spiro atoms. The van der Waals surface area contributed by atoms with Crippen LogP contribution in [0.1, 0.15) is 31.7 Å². The van der Waals surface area contributed by atoms with E-state index in [2.05, 4.69) is 5.32 Å². The summed E-state index contributed by atoms with van der Waals surface area (Å²) in [6.45, 7) is 3.59. The van der Waals surface area contributed by atoms with E-state index in [1.165, 1.54) is 0 Å². The SMILES string of the molecule is CC1(C)OC(=O)C2=C1NC(=O)C[C@H]2c1ccccc1. The van der Waals surface area contributed by atoms with Gasteiger partial charge in [-0.3, -0.25) is 4.79 Å². The highest BCUT2D eigenvalue weighted by Gasteiger charge is 2.47. The highest BCUT2D eigenvalue weighted by molar-refractivity contribution is 5.99. The van der Waals surface area contributed by atoms with Gasteiger partial charge in [-0.2, -0.15) is 0 Å². The third kappa shape index (κ3) is 1.84. The lowest BCUT2D eigenvalue weighted by molar-refractivity contribution is -0.144. The maximum absolute atomic E-state index is 12.1. The number of cyclic esters (lactones) is 1. The number of esters is 1. The van der Waals surface area contributed by atoms with Crippen LogP contribution in [0.15, 0.2) is 41.6 Å². The van der Waals surface area contributed by atoms with Crippen molar-refractivity contribution in [2.45, 2.75) is 31.8 Å². The Morgan fingerprint density at radius 3 is 2.58 bits per heavy atom. The summed E-state index contributed by atoms with van der Waals surface area (Å²) in [6.07, 6.45) is 0.286. The van der Waals surface area contributed by atoms with Gasteiger partial charge in [-0.1, -0.05) is 30.3 Å². The van der Waals surface area contributed by atoms with E-state index in [1.54, 1.807) is 13.8 Å². The summed E-state index contributed by atoms with van der Waals surface area (Å²) in [7, 11) is 0. The summed E-state index contributed by atoms with van der Waals surface area (Å²) in [4.78, 5) is 24.0. The summed E-state index contributed by atoms with van der Waals surface area (Å²) >= 11 is 0. The van der Waals surface area contributed by atoms with Gasteiger partial charge in [0.15, 0.2) is 0 Å². The van der Waals surface area contributed by atoms with Crippen LogP contribution in [0.25, 0.3) is 0 Å². The molecule has 2 aliphatic heterocycles. The molecule has 0 unspecified atom stereocenters. The van der Waals surface area contributed by atoms with E-state index < -0.39 is 5.60 Å². The van der Waals surface area contributed by atoms with Gasteiger partial charge in [-0.25, -0.2) is 4.79 Å². The first-order valence-corrected chi connectivity index (χ1v) is 6.32. The molecule has 4 heteroatoms. The van der Waals surface area contributed by atoms with Gasteiger partial charge in [0, 0.05) is 12.3 Å². The second kappa shape index (κ2) is 3.95. The highest BCUT2D eigenvalue weighted by Crippen LogP contribution is 2.42. The lowest BCUT2D eigenvalue weighted by Crippen LogP contribution is -2.38. The number of hydrogen-bond acceptors (Lipinski definition) is 3. The molecular weight excluding hydrogens is 242 g/mol. The Labute approximate surface area is 111 Å². The number of hydrogen-bond donors (Lipinski definition) is 1. The minimum absolute atomic E-state index is 0.0704. The molecule has 0 aromatic heterocycles. The number of amides is 1. The summed E-state index contributed by atoms with van der Waals surface area (Å²) in [5, 5.41) is 2.79. The fourth-order valence-electron chi connectivity index (χ4n) is 2.75. The molecule has 1 amide bonds. The third-order valence-electron chi connectivity index (χ3n) is 3.64. The lowest BCUT2D eigenvalue weighted by Gasteiger charge is -2.27. The first-order valence-electron chi connectivity index (χ1n) is 6.32. The summed E-state index contributed by atoms with van der Waals surface area (Å²) in [5.74, 6) is -0.605. The molecule has 2 heterocycles. The number of nitrogens with one attached hydrogen (secondary N) is 1. The van der Waals surface area contributed by atoms with E-state index in [0.717, 1.165) is 5.56 Å². The van der Waals surface area contributed by atoms with Crippen LogP contribution in [0.4, 0.5) is 0 Å². The van der Waals surface area contributed by atoms with Gasteiger partial charge >= 0.3 is 5.97 Å². The van der Waals surface area contributed by atoms with Crippen molar-refractivity contribution in [2.75, 3.05) is 0 Å². The number of carbonyl (C=O) groups is 2. The Kier molecular flexibility index (Phi) is 2.49. The minimum atomic E-state index is -0.754. The number of ether oxygens (including phenoxy) is 1. The predicted octanol–water partition coefficient (Wildman–Crippen LogP) is 1.88. The van der Waals surface area contributed by atoms with Gasteiger partial charge in [-0.05, 0) is 19.4 Å². The molecule has 4 nitrogen and oxygen atoms in total. The molecule has 0 saturated carbocycles. The average Bonchev–Trinajstić information content (AvgIpc) is 2.60. The summed E-state index contributed by atoms with van der Waals surface area (Å²) < 4.78 is 5.37. The van der Waals surface area contributed by atoms with Crippen LogP contribution in [-0.2, 0) is 14.3 Å². The van der Waals surface area contributed by atoms with Crippen molar-refractivity contribution in [3.8, 4) is 0 Å². The maximum Gasteiger partial charge on any atom is 0.337 e. The maximum atomic E-state index is 12.1. The average molecular weight is 257 g/mol. The Morgan fingerprint density at radius 1 is 1.21 bits per heavy atom. The molecule has 2 aliphatic rings. The van der Waals surface area contributed by atoms with Crippen LogP contribution in [-0.4, -0.2) is 17.5 Å². The van der Waals surface area contributed by atoms with Gasteiger partial charge < -0.3 is 10.1 Å². The Balaban J connectivity index is 2.13. The van der Waals surface area contributed by atoms with Crippen molar-refractivity contribution in [1.29, 1.82) is 0 Å². The van der Waals surface area contributed by atoms with Crippen LogP contribution in [0.5, 0.6) is 0 Å². The highest BCUT2D eigenvalue weighted by atomic mass is 16.6. The lowest BCUT2D eigenvalue weighted by atomic mass is 9.83. The first kappa shape index (κ1) is 12.0. The zero-order chi connectivity index (χ0) is 13.6. The van der Waals surface area contributed by atoms with E-state index in [4.69, 9.17) is 4.74 Å². The molecule has 98 valence electrons. The molecule has 1 atom stereocenters. The first-order chi connectivity index (χ1) is 8.99. The molecule has 1 aromatic carbocycles. The molecule has 0 aliphatic carbocycles. The Morgan fingerprint density at radius 2 is 1.89 bits per heavy atom. The van der Waals surface area contributed by atoms with Crippen LogP contribution in [0.2, 0.25) is 0 Å². The molecule has 3 rings (SSSR count). The third-order valence-corrected chi connectivity index (χ3v) is 3.64. The zero-order valence-corrected chi connectivity index (χ0v) is 10.9. The van der Waals surface area contributed by atoms with Crippen molar-refractivity contribution in [1.82, 2.24) is 5.32 Å². The van der Waals surface area contributed by atoms with Crippen LogP contribution >= 0.6 is 0 Å². The van der Waals surface area contributed by atoms with Crippen molar-refractivity contribution in [2.24, 2.45) is 0 Å². The summed E-state index contributed by atoms with van der Waals surface area (Å²) in [5.41, 5.74) is 1.42. The molecule has 0 fully saturated rings. The standard InChI is InChI=1S/C15H15NO3/c1-15(2)13-12(14(18)19-15)10(8-11(17)16-13)9-6-4-3-5-7-9/h3-7,10H,8H2,1-2H3,(H,16,17)/t10-/m0/s1. The van der Waals surface area contributed by atoms with Gasteiger partial charge in [0.25, 0.3) is 0 Å². The van der Waals surface area contributed by atoms with Gasteiger partial charge in [-0.15, -0.1) is 0 Å². The van der Waals surface area contributed by atoms with Crippen molar-refractivity contribution in [3.05, 3.63) is 47.2 Å². The van der Waals surface area contributed by atoms with Crippen LogP contribution in [0, 0.1) is 0 Å². The number of rotatable bonds is 1. The minimum Gasteiger partial charge on any atom is -0.450 e. The molecule has 19 heavy (non-hydrogen) atoms. The molecule has 0 saturated heterocycles. The second-order valence-corrected chi connectivity index (χ2v) is 5.40. The Bertz CT molecular complexity index is 587. The van der Waals surface area contributed by atoms with Crippen LogP contribution in [0.3, 0.4) is 0 Å². The van der Waals surface area contributed by atoms with E-state index in [0.29, 0.717) is 11.3 Å². The van der Waals surface area contributed by atoms with Gasteiger partial charge in [0.1, 0.15) is 5.60 Å².